The Morgan fingerprint density at radius 2 is 1.90 bits per heavy atom. The summed E-state index contributed by atoms with van der Waals surface area (Å²) in [6.45, 7) is 3.67. The van der Waals surface area contributed by atoms with Crippen LogP contribution in [0.2, 0.25) is 5.02 Å². The molecule has 0 heterocycles. The highest BCUT2D eigenvalue weighted by Crippen LogP contribution is 2.32. The largest absolute Gasteiger partial charge is 0.398 e. The number of benzene rings is 2. The summed E-state index contributed by atoms with van der Waals surface area (Å²) in [6, 6.07) is 7.99. The van der Waals surface area contributed by atoms with Crippen LogP contribution < -0.4 is 10.5 Å². The lowest BCUT2D eigenvalue weighted by molar-refractivity contribution is 0.601. The van der Waals surface area contributed by atoms with Crippen LogP contribution in [0.5, 0.6) is 0 Å². The van der Waals surface area contributed by atoms with Gasteiger partial charge in [-0.05, 0) is 65.2 Å². The molecule has 0 unspecified atom stereocenters. The molecule has 0 aliphatic carbocycles. The van der Waals surface area contributed by atoms with Gasteiger partial charge in [0.25, 0.3) is 10.0 Å². The summed E-state index contributed by atoms with van der Waals surface area (Å²) in [5, 5.41) is 0.426. The zero-order chi connectivity index (χ0) is 15.8. The Morgan fingerprint density at radius 1 is 1.24 bits per heavy atom. The molecule has 0 saturated carbocycles. The average Bonchev–Trinajstić information content (AvgIpc) is 2.40. The van der Waals surface area contributed by atoms with Crippen molar-refractivity contribution in [3.63, 3.8) is 0 Å². The van der Waals surface area contributed by atoms with E-state index in [9.17, 15) is 8.42 Å². The van der Waals surface area contributed by atoms with E-state index in [0.717, 1.165) is 11.1 Å². The quantitative estimate of drug-likeness (QED) is 0.776. The molecule has 0 fully saturated rings. The van der Waals surface area contributed by atoms with Gasteiger partial charge in [0.2, 0.25) is 0 Å². The van der Waals surface area contributed by atoms with Crippen molar-refractivity contribution < 1.29 is 8.42 Å². The number of nitrogens with one attached hydrogen (secondary N) is 1. The van der Waals surface area contributed by atoms with Gasteiger partial charge in [-0.2, -0.15) is 0 Å². The van der Waals surface area contributed by atoms with Gasteiger partial charge >= 0.3 is 0 Å². The number of aryl methyl sites for hydroxylation is 1. The molecule has 0 aliphatic heterocycles. The van der Waals surface area contributed by atoms with Crippen LogP contribution in [0.4, 0.5) is 11.4 Å². The summed E-state index contributed by atoms with van der Waals surface area (Å²) in [5.41, 5.74) is 8.36. The van der Waals surface area contributed by atoms with Crippen molar-refractivity contribution in [2.24, 2.45) is 0 Å². The van der Waals surface area contributed by atoms with Crippen LogP contribution in [-0.2, 0) is 10.0 Å². The van der Waals surface area contributed by atoms with Crippen LogP contribution >= 0.6 is 27.5 Å². The molecule has 2 aromatic carbocycles. The first-order valence-corrected chi connectivity index (χ1v) is 8.71. The number of sulfonamides is 1. The third kappa shape index (κ3) is 3.33. The predicted octanol–water partition coefficient (Wildman–Crippen LogP) is 4.10. The van der Waals surface area contributed by atoms with Crippen molar-refractivity contribution in [3.8, 4) is 0 Å². The molecule has 0 aromatic heterocycles. The van der Waals surface area contributed by atoms with Crippen LogP contribution in [0.1, 0.15) is 11.1 Å². The van der Waals surface area contributed by atoms with Gasteiger partial charge in [0, 0.05) is 5.69 Å². The first-order chi connectivity index (χ1) is 9.72. The van der Waals surface area contributed by atoms with Gasteiger partial charge in [-0.25, -0.2) is 8.42 Å². The zero-order valence-electron chi connectivity index (χ0n) is 11.4. The van der Waals surface area contributed by atoms with E-state index in [2.05, 4.69) is 20.7 Å². The van der Waals surface area contributed by atoms with Crippen molar-refractivity contribution in [3.05, 3.63) is 51.0 Å². The summed E-state index contributed by atoms with van der Waals surface area (Å²) < 4.78 is 27.9. The Hall–Kier alpha value is -1.24. The van der Waals surface area contributed by atoms with E-state index in [1.54, 1.807) is 24.3 Å². The fourth-order valence-electron chi connectivity index (χ4n) is 1.79. The van der Waals surface area contributed by atoms with Gasteiger partial charge in [0.15, 0.2) is 0 Å². The molecule has 21 heavy (non-hydrogen) atoms. The van der Waals surface area contributed by atoms with E-state index in [-0.39, 0.29) is 4.90 Å². The van der Waals surface area contributed by atoms with Crippen LogP contribution in [-0.4, -0.2) is 8.42 Å². The van der Waals surface area contributed by atoms with E-state index < -0.39 is 10.0 Å². The van der Waals surface area contributed by atoms with Crippen molar-refractivity contribution in [1.82, 2.24) is 0 Å². The number of nitrogen functional groups attached to an aromatic ring is 1. The van der Waals surface area contributed by atoms with E-state index in [0.29, 0.717) is 20.9 Å². The topological polar surface area (TPSA) is 72.2 Å². The van der Waals surface area contributed by atoms with Crippen molar-refractivity contribution in [2.75, 3.05) is 10.5 Å². The first kappa shape index (κ1) is 16.1. The normalized spacial score (nSPS) is 11.4. The molecule has 0 bridgehead atoms. The second-order valence-electron chi connectivity index (χ2n) is 4.66. The third-order valence-corrected chi connectivity index (χ3v) is 5.93. The van der Waals surface area contributed by atoms with Gasteiger partial charge in [0.1, 0.15) is 0 Å². The first-order valence-electron chi connectivity index (χ1n) is 6.06. The van der Waals surface area contributed by atoms with E-state index in [1.807, 2.05) is 13.8 Å². The standard InChI is InChI=1S/C14H14BrClN2O2S/c1-8-6-10(7-12(17)9(8)2)21(19,20)18-13-5-3-4-11(16)14(13)15/h3-7,18H,17H2,1-2H3. The fraction of sp³-hybridized carbons (Fsp3) is 0.143. The van der Waals surface area contributed by atoms with Gasteiger partial charge in [0.05, 0.1) is 20.1 Å². The maximum atomic E-state index is 12.5. The summed E-state index contributed by atoms with van der Waals surface area (Å²) in [5.74, 6) is 0. The molecule has 0 spiro atoms. The molecule has 0 aliphatic rings. The SMILES string of the molecule is Cc1cc(S(=O)(=O)Nc2cccc(Cl)c2Br)cc(N)c1C. The number of halogens is 2. The maximum absolute atomic E-state index is 12.5. The Labute approximate surface area is 137 Å². The van der Waals surface area contributed by atoms with Crippen LogP contribution in [0, 0.1) is 13.8 Å². The minimum Gasteiger partial charge on any atom is -0.398 e. The molecule has 0 radical (unpaired) electrons. The summed E-state index contributed by atoms with van der Waals surface area (Å²) >= 11 is 9.22. The van der Waals surface area contributed by atoms with Crippen LogP contribution in [0.25, 0.3) is 0 Å². The van der Waals surface area contributed by atoms with Gasteiger partial charge < -0.3 is 5.73 Å². The molecule has 3 N–H and O–H groups in total. The molecule has 7 heteroatoms. The molecule has 0 atom stereocenters. The minimum atomic E-state index is -3.73. The Bertz CT molecular complexity index is 784. The van der Waals surface area contributed by atoms with Crippen molar-refractivity contribution >= 4 is 48.9 Å². The lowest BCUT2D eigenvalue weighted by Crippen LogP contribution is -2.14. The molecule has 0 saturated heterocycles. The molecule has 2 aromatic rings. The highest BCUT2D eigenvalue weighted by atomic mass is 79.9. The van der Waals surface area contributed by atoms with Gasteiger partial charge in [-0.15, -0.1) is 0 Å². The van der Waals surface area contributed by atoms with Crippen LogP contribution in [0.3, 0.4) is 0 Å². The number of anilines is 2. The monoisotopic (exact) mass is 388 g/mol. The van der Waals surface area contributed by atoms with Gasteiger partial charge in [-0.3, -0.25) is 4.72 Å². The number of hydrogen-bond acceptors (Lipinski definition) is 3. The van der Waals surface area contributed by atoms with Gasteiger partial charge in [-0.1, -0.05) is 17.7 Å². The minimum absolute atomic E-state index is 0.120. The van der Waals surface area contributed by atoms with Crippen molar-refractivity contribution in [1.29, 1.82) is 0 Å². The second kappa shape index (κ2) is 5.87. The summed E-state index contributed by atoms with van der Waals surface area (Å²) in [6.07, 6.45) is 0. The number of rotatable bonds is 3. The molecule has 4 nitrogen and oxygen atoms in total. The molecule has 112 valence electrons. The molecular formula is C14H14BrClN2O2S. The smallest absolute Gasteiger partial charge is 0.262 e. The lowest BCUT2D eigenvalue weighted by atomic mass is 10.1. The van der Waals surface area contributed by atoms with Crippen molar-refractivity contribution in [2.45, 2.75) is 18.7 Å². The Morgan fingerprint density at radius 3 is 2.52 bits per heavy atom. The highest BCUT2D eigenvalue weighted by Gasteiger charge is 2.18. The predicted molar refractivity (Wildman–Crippen MR) is 90.3 cm³/mol. The highest BCUT2D eigenvalue weighted by molar-refractivity contribution is 9.10. The molecular weight excluding hydrogens is 376 g/mol. The maximum Gasteiger partial charge on any atom is 0.262 e. The Kier molecular flexibility index (Phi) is 4.51. The number of nitrogens with two attached hydrogens (primary N) is 1. The lowest BCUT2D eigenvalue weighted by Gasteiger charge is -2.13. The van der Waals surface area contributed by atoms with Crippen LogP contribution in [0.15, 0.2) is 39.7 Å². The number of hydrogen-bond donors (Lipinski definition) is 2. The zero-order valence-corrected chi connectivity index (χ0v) is 14.6. The fourth-order valence-corrected chi connectivity index (χ4v) is 3.65. The summed E-state index contributed by atoms with van der Waals surface area (Å²) in [4.78, 5) is 0.120. The van der Waals surface area contributed by atoms with E-state index >= 15 is 0 Å². The van der Waals surface area contributed by atoms with E-state index in [4.69, 9.17) is 17.3 Å². The average molecular weight is 390 g/mol. The van der Waals surface area contributed by atoms with E-state index in [1.165, 1.54) is 6.07 Å². The second-order valence-corrected chi connectivity index (χ2v) is 7.54. The third-order valence-electron chi connectivity index (χ3n) is 3.19. The molecule has 2 rings (SSSR count). The molecule has 0 amide bonds. The summed E-state index contributed by atoms with van der Waals surface area (Å²) in [7, 11) is -3.73. The Balaban J connectivity index is 2.46.